The first-order chi connectivity index (χ1) is 13.4. The summed E-state index contributed by atoms with van der Waals surface area (Å²) in [7, 11) is 0. The fourth-order valence-corrected chi connectivity index (χ4v) is 6.63. The molecular weight excluding hydrogens is 372 g/mol. The zero-order valence-corrected chi connectivity index (χ0v) is 18.3. The number of hydrogen-bond acceptors (Lipinski definition) is 6. The lowest BCUT2D eigenvalue weighted by atomic mass is 9.43. The van der Waals surface area contributed by atoms with E-state index < -0.39 is 17.1 Å². The molecule has 0 spiro atoms. The minimum atomic E-state index is -0.644. The Morgan fingerprint density at radius 1 is 1.07 bits per heavy atom. The molecule has 2 aliphatic heterocycles. The fraction of sp³-hybridized carbons (Fsp3) is 0.783. The number of allylic oxidation sites excluding steroid dienone is 1. The summed E-state index contributed by atoms with van der Waals surface area (Å²) in [5, 5.41) is 0. The molecule has 6 atom stereocenters. The summed E-state index contributed by atoms with van der Waals surface area (Å²) < 4.78 is 17.8. The van der Waals surface area contributed by atoms with Crippen LogP contribution in [-0.2, 0) is 28.6 Å². The van der Waals surface area contributed by atoms with Crippen LogP contribution in [-0.4, -0.2) is 35.3 Å². The van der Waals surface area contributed by atoms with E-state index in [1.54, 1.807) is 0 Å². The van der Waals surface area contributed by atoms with Crippen LogP contribution in [0.3, 0.4) is 0 Å². The van der Waals surface area contributed by atoms with Crippen LogP contribution in [0.5, 0.6) is 0 Å². The van der Waals surface area contributed by atoms with Gasteiger partial charge in [-0.25, -0.2) is 0 Å². The second-order valence-electron chi connectivity index (χ2n) is 10.4. The third kappa shape index (κ3) is 2.85. The molecule has 0 radical (unpaired) electrons. The molecule has 0 unspecified atom stereocenters. The molecular formula is C23H32O6. The van der Waals surface area contributed by atoms with Gasteiger partial charge in [-0.2, -0.15) is 0 Å². The predicted molar refractivity (Wildman–Crippen MR) is 105 cm³/mol. The second-order valence-corrected chi connectivity index (χ2v) is 10.4. The van der Waals surface area contributed by atoms with Gasteiger partial charge in [0, 0.05) is 36.5 Å². The fourth-order valence-electron chi connectivity index (χ4n) is 6.63. The molecule has 0 aromatic carbocycles. The molecule has 0 amide bonds. The van der Waals surface area contributed by atoms with Crippen molar-refractivity contribution in [3.8, 4) is 0 Å². The molecule has 0 N–H and O–H groups in total. The number of ketones is 2. The molecule has 2 saturated carbocycles. The first-order valence-corrected chi connectivity index (χ1v) is 10.7. The third-order valence-electron chi connectivity index (χ3n) is 8.22. The molecule has 0 bridgehead atoms. The Hall–Kier alpha value is -1.85. The number of carbonyl (C=O) groups excluding carboxylic acids is 3. The highest BCUT2D eigenvalue weighted by atomic mass is 16.7. The van der Waals surface area contributed by atoms with Gasteiger partial charge in [-0.15, -0.1) is 0 Å². The summed E-state index contributed by atoms with van der Waals surface area (Å²) in [5.41, 5.74) is -0.942. The molecule has 160 valence electrons. The lowest BCUT2D eigenvalue weighted by Crippen LogP contribution is -2.66. The van der Waals surface area contributed by atoms with Gasteiger partial charge in [-0.1, -0.05) is 20.8 Å². The Labute approximate surface area is 172 Å². The number of ether oxygens (including phenoxy) is 3. The first-order valence-electron chi connectivity index (χ1n) is 10.7. The highest BCUT2D eigenvalue weighted by Crippen LogP contribution is 2.64. The topological polar surface area (TPSA) is 78.9 Å². The van der Waals surface area contributed by atoms with Crippen molar-refractivity contribution >= 4 is 17.5 Å². The van der Waals surface area contributed by atoms with Crippen LogP contribution in [0.4, 0.5) is 0 Å². The zero-order valence-electron chi connectivity index (χ0n) is 18.3. The number of hydrogen-bond donors (Lipinski definition) is 0. The molecule has 4 rings (SSSR count). The minimum Gasteiger partial charge on any atom is -0.462 e. The Morgan fingerprint density at radius 2 is 1.76 bits per heavy atom. The van der Waals surface area contributed by atoms with Crippen LogP contribution >= 0.6 is 0 Å². The van der Waals surface area contributed by atoms with Crippen molar-refractivity contribution in [2.75, 3.05) is 0 Å². The van der Waals surface area contributed by atoms with E-state index in [0.29, 0.717) is 24.4 Å². The molecule has 0 aromatic heterocycles. The molecule has 0 aromatic rings. The van der Waals surface area contributed by atoms with Gasteiger partial charge < -0.3 is 14.2 Å². The van der Waals surface area contributed by atoms with Gasteiger partial charge in [0.25, 0.3) is 5.95 Å². The van der Waals surface area contributed by atoms with E-state index in [1.165, 1.54) is 6.92 Å². The number of Topliss-reactive ketones (excluding diaryl/α,β-unsaturated/α-hetero) is 2. The lowest BCUT2D eigenvalue weighted by Gasteiger charge is -2.63. The van der Waals surface area contributed by atoms with Crippen LogP contribution in [0.2, 0.25) is 0 Å². The number of esters is 1. The Balaban J connectivity index is 1.74. The van der Waals surface area contributed by atoms with E-state index in [9.17, 15) is 14.4 Å². The number of fused-ring (bicyclic) bond motifs is 3. The maximum absolute atomic E-state index is 13.5. The van der Waals surface area contributed by atoms with Gasteiger partial charge in [-0.05, 0) is 39.0 Å². The van der Waals surface area contributed by atoms with Crippen LogP contribution in [0.15, 0.2) is 11.5 Å². The van der Waals surface area contributed by atoms with Crippen LogP contribution in [0.1, 0.15) is 73.6 Å². The number of carbonyl (C=O) groups is 3. The van der Waals surface area contributed by atoms with Gasteiger partial charge in [-0.3, -0.25) is 14.4 Å². The molecule has 2 aliphatic carbocycles. The standard InChI is InChI=1S/C23H32O6/c1-12-9-15(25)14-10-17-22(5,29-20(14)27-12)8-7-16-21(3,4)19(28-13(2)24)11-18(26)23(16,17)6/h12,16-17,19H,7-11H2,1-6H3/t12-,16+,17+,19-,22+,23+/m0/s1. The van der Waals surface area contributed by atoms with Crippen LogP contribution in [0.25, 0.3) is 0 Å². The van der Waals surface area contributed by atoms with Crippen molar-refractivity contribution in [1.82, 2.24) is 0 Å². The smallest absolute Gasteiger partial charge is 0.302 e. The SMILES string of the molecule is CC(=O)O[C@H]1CC(=O)[C@]2(C)[C@H](CC[C@@]3(C)OC4=C(C[C@@H]23)C(=O)C[C@H](C)O4)C1(C)C. The number of rotatable bonds is 1. The van der Waals surface area contributed by atoms with E-state index in [2.05, 4.69) is 20.8 Å². The van der Waals surface area contributed by atoms with E-state index in [4.69, 9.17) is 14.2 Å². The summed E-state index contributed by atoms with van der Waals surface area (Å²) in [6.45, 7) is 11.6. The zero-order chi connectivity index (χ0) is 21.4. The molecule has 0 saturated heterocycles. The van der Waals surface area contributed by atoms with Gasteiger partial charge in [0.05, 0.1) is 5.57 Å². The first kappa shape index (κ1) is 20.4. The minimum absolute atomic E-state index is 0.0444. The quantitative estimate of drug-likeness (QED) is 0.620. The third-order valence-corrected chi connectivity index (χ3v) is 8.22. The second kappa shape index (κ2) is 6.32. The van der Waals surface area contributed by atoms with Crippen molar-refractivity contribution in [2.24, 2.45) is 22.7 Å². The van der Waals surface area contributed by atoms with Crippen molar-refractivity contribution in [3.05, 3.63) is 11.5 Å². The van der Waals surface area contributed by atoms with Crippen molar-refractivity contribution < 1.29 is 28.6 Å². The highest BCUT2D eigenvalue weighted by Gasteiger charge is 2.67. The average molecular weight is 405 g/mol. The summed E-state index contributed by atoms with van der Waals surface area (Å²) in [6, 6.07) is 0. The molecule has 29 heavy (non-hydrogen) atoms. The summed E-state index contributed by atoms with van der Waals surface area (Å²) in [6.07, 6.45) is 2.02. The Kier molecular flexibility index (Phi) is 4.45. The van der Waals surface area contributed by atoms with Gasteiger partial charge in [0.15, 0.2) is 5.78 Å². The Bertz CT molecular complexity index is 810. The van der Waals surface area contributed by atoms with Gasteiger partial charge >= 0.3 is 5.97 Å². The van der Waals surface area contributed by atoms with Gasteiger partial charge in [0.2, 0.25) is 0 Å². The van der Waals surface area contributed by atoms with E-state index in [0.717, 1.165) is 12.8 Å². The molecule has 2 heterocycles. The van der Waals surface area contributed by atoms with Crippen molar-refractivity contribution in [3.63, 3.8) is 0 Å². The summed E-state index contributed by atoms with van der Waals surface area (Å²) in [4.78, 5) is 37.9. The van der Waals surface area contributed by atoms with Gasteiger partial charge in [0.1, 0.15) is 23.6 Å². The molecule has 4 aliphatic rings. The van der Waals surface area contributed by atoms with Crippen molar-refractivity contribution in [2.45, 2.75) is 91.5 Å². The normalized spacial score (nSPS) is 43.4. The summed E-state index contributed by atoms with van der Waals surface area (Å²) in [5.74, 6) is 0.118. The highest BCUT2D eigenvalue weighted by molar-refractivity contribution is 5.97. The molecule has 2 fully saturated rings. The van der Waals surface area contributed by atoms with Crippen molar-refractivity contribution in [1.29, 1.82) is 0 Å². The van der Waals surface area contributed by atoms with Crippen LogP contribution < -0.4 is 0 Å². The maximum atomic E-state index is 13.5. The largest absolute Gasteiger partial charge is 0.462 e. The van der Waals surface area contributed by atoms with Crippen LogP contribution in [0, 0.1) is 22.7 Å². The lowest BCUT2D eigenvalue weighted by molar-refractivity contribution is -0.224. The molecule has 6 heteroatoms. The van der Waals surface area contributed by atoms with E-state index in [1.807, 2.05) is 13.8 Å². The van der Waals surface area contributed by atoms with E-state index >= 15 is 0 Å². The monoisotopic (exact) mass is 404 g/mol. The maximum Gasteiger partial charge on any atom is 0.302 e. The summed E-state index contributed by atoms with van der Waals surface area (Å²) >= 11 is 0. The Morgan fingerprint density at radius 3 is 2.41 bits per heavy atom. The molecule has 6 nitrogen and oxygen atoms in total. The van der Waals surface area contributed by atoms with E-state index in [-0.39, 0.29) is 47.3 Å². The predicted octanol–water partition coefficient (Wildman–Crippen LogP) is 3.72. The average Bonchev–Trinajstić information content (AvgIpc) is 2.57.